The third kappa shape index (κ3) is 1.52. The molecule has 0 aliphatic heterocycles. The van der Waals surface area contributed by atoms with E-state index in [0.717, 1.165) is 11.5 Å². The Morgan fingerprint density at radius 2 is 2.19 bits per heavy atom. The van der Waals surface area contributed by atoms with Crippen molar-refractivity contribution < 1.29 is 4.42 Å². The molecule has 5 heteroatoms. The van der Waals surface area contributed by atoms with E-state index in [4.69, 9.17) is 4.42 Å². The Morgan fingerprint density at radius 1 is 1.38 bits per heavy atom. The number of hydrogen-bond acceptors (Lipinski definition) is 4. The van der Waals surface area contributed by atoms with Gasteiger partial charge in [-0.3, -0.25) is 5.10 Å². The molecule has 2 aromatic rings. The molecule has 1 aliphatic rings. The molecule has 84 valence electrons. The van der Waals surface area contributed by atoms with E-state index in [0.29, 0.717) is 17.5 Å². The van der Waals surface area contributed by atoms with Gasteiger partial charge in [-0.15, -0.1) is 5.10 Å². The van der Waals surface area contributed by atoms with Crippen LogP contribution in [-0.4, -0.2) is 20.2 Å². The molecule has 3 rings (SSSR count). The van der Waals surface area contributed by atoms with Gasteiger partial charge in [-0.2, -0.15) is 0 Å². The predicted octanol–water partition coefficient (Wildman–Crippen LogP) is 2.43. The monoisotopic (exact) mass is 218 g/mol. The number of rotatable bonds is 2. The van der Waals surface area contributed by atoms with E-state index in [9.17, 15) is 0 Å². The molecule has 0 unspecified atom stereocenters. The summed E-state index contributed by atoms with van der Waals surface area (Å²) in [6.45, 7) is 1.89. The van der Waals surface area contributed by atoms with Crippen LogP contribution in [0.3, 0.4) is 0 Å². The Labute approximate surface area is 93.3 Å². The molecule has 0 spiro atoms. The fourth-order valence-electron chi connectivity index (χ4n) is 2.27. The van der Waals surface area contributed by atoms with Crippen LogP contribution in [0.5, 0.6) is 0 Å². The van der Waals surface area contributed by atoms with E-state index in [1.54, 1.807) is 0 Å². The first-order chi connectivity index (χ1) is 7.84. The van der Waals surface area contributed by atoms with Crippen molar-refractivity contribution in [3.05, 3.63) is 17.9 Å². The summed E-state index contributed by atoms with van der Waals surface area (Å²) in [6.07, 6.45) is 6.44. The third-order valence-electron chi connectivity index (χ3n) is 3.19. The maximum Gasteiger partial charge on any atom is 0.218 e. The second-order valence-corrected chi connectivity index (χ2v) is 4.29. The van der Waals surface area contributed by atoms with Crippen LogP contribution in [0.15, 0.2) is 10.8 Å². The van der Waals surface area contributed by atoms with E-state index in [1.807, 2.05) is 6.92 Å². The van der Waals surface area contributed by atoms with Crippen LogP contribution < -0.4 is 0 Å². The molecule has 1 fully saturated rings. The van der Waals surface area contributed by atoms with Crippen molar-refractivity contribution in [2.75, 3.05) is 0 Å². The first kappa shape index (κ1) is 9.57. The Hall–Kier alpha value is -1.65. The Kier molecular flexibility index (Phi) is 2.23. The quantitative estimate of drug-likeness (QED) is 0.840. The second-order valence-electron chi connectivity index (χ2n) is 4.29. The summed E-state index contributed by atoms with van der Waals surface area (Å²) in [6, 6.07) is 0. The number of H-pyrrole nitrogens is 1. The summed E-state index contributed by atoms with van der Waals surface area (Å²) in [4.78, 5) is 8.53. The number of aromatic nitrogens is 4. The lowest BCUT2D eigenvalue weighted by molar-refractivity contribution is 0.567. The smallest absolute Gasteiger partial charge is 0.218 e. The van der Waals surface area contributed by atoms with Crippen LogP contribution in [0.4, 0.5) is 0 Å². The molecule has 2 aromatic heterocycles. The first-order valence-electron chi connectivity index (χ1n) is 5.67. The molecule has 16 heavy (non-hydrogen) atoms. The summed E-state index contributed by atoms with van der Waals surface area (Å²) in [5, 5.41) is 7.21. The number of oxazole rings is 1. The summed E-state index contributed by atoms with van der Waals surface area (Å²) in [5.74, 6) is 2.82. The van der Waals surface area contributed by atoms with Crippen molar-refractivity contribution >= 4 is 0 Å². The van der Waals surface area contributed by atoms with Crippen molar-refractivity contribution in [1.29, 1.82) is 0 Å². The molecule has 0 bridgehead atoms. The average molecular weight is 218 g/mol. The second kappa shape index (κ2) is 3.73. The van der Waals surface area contributed by atoms with E-state index in [-0.39, 0.29) is 0 Å². The minimum absolute atomic E-state index is 0.546. The van der Waals surface area contributed by atoms with E-state index >= 15 is 0 Å². The van der Waals surface area contributed by atoms with Crippen LogP contribution in [-0.2, 0) is 0 Å². The van der Waals surface area contributed by atoms with E-state index in [1.165, 1.54) is 32.1 Å². The lowest BCUT2D eigenvalue weighted by Crippen LogP contribution is -1.94. The van der Waals surface area contributed by atoms with Crippen molar-refractivity contribution in [1.82, 2.24) is 20.2 Å². The van der Waals surface area contributed by atoms with Gasteiger partial charge in [0.2, 0.25) is 5.82 Å². The van der Waals surface area contributed by atoms with Gasteiger partial charge in [0.1, 0.15) is 5.82 Å². The molecule has 1 aliphatic carbocycles. The van der Waals surface area contributed by atoms with Gasteiger partial charge in [0.05, 0.1) is 5.69 Å². The number of nitrogens with one attached hydrogen (secondary N) is 1. The van der Waals surface area contributed by atoms with Gasteiger partial charge in [-0.1, -0.05) is 12.8 Å². The molecular weight excluding hydrogens is 204 g/mol. The molecule has 0 atom stereocenters. The zero-order valence-electron chi connectivity index (χ0n) is 9.23. The van der Waals surface area contributed by atoms with Gasteiger partial charge >= 0.3 is 0 Å². The summed E-state index contributed by atoms with van der Waals surface area (Å²) in [5.41, 5.74) is 0.831. The molecule has 5 nitrogen and oxygen atoms in total. The first-order valence-corrected chi connectivity index (χ1v) is 5.67. The zero-order chi connectivity index (χ0) is 11.0. The zero-order valence-corrected chi connectivity index (χ0v) is 9.23. The number of aromatic amines is 1. The van der Waals surface area contributed by atoms with E-state index < -0.39 is 0 Å². The highest BCUT2D eigenvalue weighted by atomic mass is 16.3. The minimum atomic E-state index is 0.546. The normalized spacial score (nSPS) is 17.1. The van der Waals surface area contributed by atoms with Crippen LogP contribution in [0.1, 0.15) is 43.1 Å². The summed E-state index contributed by atoms with van der Waals surface area (Å²) in [7, 11) is 0. The van der Waals surface area contributed by atoms with Crippen molar-refractivity contribution in [2.24, 2.45) is 0 Å². The van der Waals surface area contributed by atoms with Gasteiger partial charge in [0, 0.05) is 5.92 Å². The number of aryl methyl sites for hydroxylation is 1. The molecule has 1 saturated carbocycles. The number of hydrogen-bond donors (Lipinski definition) is 1. The van der Waals surface area contributed by atoms with Gasteiger partial charge in [-0.25, -0.2) is 9.97 Å². The van der Waals surface area contributed by atoms with Crippen LogP contribution in [0.2, 0.25) is 0 Å². The summed E-state index contributed by atoms with van der Waals surface area (Å²) >= 11 is 0. The topological polar surface area (TPSA) is 67.6 Å². The van der Waals surface area contributed by atoms with Crippen LogP contribution >= 0.6 is 0 Å². The molecule has 2 heterocycles. The Balaban J connectivity index is 1.90. The average Bonchev–Trinajstić information content (AvgIpc) is 2.96. The predicted molar refractivity (Wildman–Crippen MR) is 57.8 cm³/mol. The molecular formula is C11H14N4O. The number of nitrogens with zero attached hydrogens (tertiary/aromatic N) is 3. The fraction of sp³-hybridized carbons (Fsp3) is 0.545. The fourth-order valence-corrected chi connectivity index (χ4v) is 2.27. The van der Waals surface area contributed by atoms with Crippen molar-refractivity contribution in [3.8, 4) is 11.6 Å². The van der Waals surface area contributed by atoms with Gasteiger partial charge in [0.25, 0.3) is 0 Å². The van der Waals surface area contributed by atoms with Gasteiger partial charge in [-0.05, 0) is 19.8 Å². The minimum Gasteiger partial charge on any atom is -0.440 e. The molecule has 1 N–H and O–H groups in total. The molecule has 0 saturated heterocycles. The molecule has 0 radical (unpaired) electrons. The lowest BCUT2D eigenvalue weighted by atomic mass is 10.1. The summed E-state index contributed by atoms with van der Waals surface area (Å²) < 4.78 is 5.27. The van der Waals surface area contributed by atoms with Crippen LogP contribution in [0, 0.1) is 6.92 Å². The van der Waals surface area contributed by atoms with Gasteiger partial charge < -0.3 is 4.42 Å². The van der Waals surface area contributed by atoms with Crippen molar-refractivity contribution in [2.45, 2.75) is 38.5 Å². The SMILES string of the molecule is Cc1ncoc1-c1n[nH]c(C2CCCC2)n1. The Bertz CT molecular complexity index is 482. The highest BCUT2D eigenvalue weighted by Gasteiger charge is 2.22. The maximum absolute atomic E-state index is 5.27. The molecule has 0 aromatic carbocycles. The highest BCUT2D eigenvalue weighted by molar-refractivity contribution is 5.48. The maximum atomic E-state index is 5.27. The van der Waals surface area contributed by atoms with E-state index in [2.05, 4.69) is 20.2 Å². The largest absolute Gasteiger partial charge is 0.440 e. The Morgan fingerprint density at radius 3 is 2.88 bits per heavy atom. The standard InChI is InChI=1S/C11H14N4O/c1-7-9(16-6-12-7)11-13-10(14-15-11)8-4-2-3-5-8/h6,8H,2-5H2,1H3,(H,13,14,15). The lowest BCUT2D eigenvalue weighted by Gasteiger charge is -2.01. The van der Waals surface area contributed by atoms with Crippen molar-refractivity contribution in [3.63, 3.8) is 0 Å². The van der Waals surface area contributed by atoms with Crippen LogP contribution in [0.25, 0.3) is 11.6 Å². The highest BCUT2D eigenvalue weighted by Crippen LogP contribution is 2.32. The van der Waals surface area contributed by atoms with Gasteiger partial charge in [0.15, 0.2) is 12.2 Å². The molecule has 0 amide bonds. The third-order valence-corrected chi connectivity index (χ3v) is 3.19.